The Hall–Kier alpha value is -3.00. The van der Waals surface area contributed by atoms with Crippen molar-refractivity contribution in [1.29, 1.82) is 0 Å². The van der Waals surface area contributed by atoms with Crippen LogP contribution in [0.4, 0.5) is 11.4 Å². The molecule has 0 saturated heterocycles. The number of nitro benzene ring substituents is 1. The standard InChI is InChI=1S/C16H11BrN4O3/c17-13-6-1-2-7-14(13)18-16(22)15-8-9-20(19-15)11-4-3-5-12(10-11)21(23)24/h1-10H,(H,18,22). The molecule has 1 heterocycles. The van der Waals surface area contributed by atoms with Crippen molar-refractivity contribution in [3.63, 3.8) is 0 Å². The Morgan fingerprint density at radius 2 is 1.96 bits per heavy atom. The van der Waals surface area contributed by atoms with Crippen LogP contribution in [0.25, 0.3) is 5.69 Å². The molecule has 0 radical (unpaired) electrons. The summed E-state index contributed by atoms with van der Waals surface area (Å²) < 4.78 is 2.18. The van der Waals surface area contributed by atoms with E-state index in [1.54, 1.807) is 30.5 Å². The lowest BCUT2D eigenvalue weighted by molar-refractivity contribution is -0.384. The Kier molecular flexibility index (Phi) is 4.39. The Balaban J connectivity index is 1.83. The molecule has 0 atom stereocenters. The van der Waals surface area contributed by atoms with E-state index in [2.05, 4.69) is 26.3 Å². The quantitative estimate of drug-likeness (QED) is 0.545. The van der Waals surface area contributed by atoms with E-state index >= 15 is 0 Å². The summed E-state index contributed by atoms with van der Waals surface area (Å²) in [5.41, 5.74) is 1.30. The molecule has 0 spiro atoms. The number of benzene rings is 2. The Morgan fingerprint density at radius 1 is 1.17 bits per heavy atom. The van der Waals surface area contributed by atoms with E-state index < -0.39 is 4.92 Å². The van der Waals surface area contributed by atoms with E-state index in [1.807, 2.05) is 18.2 Å². The maximum atomic E-state index is 12.3. The zero-order valence-electron chi connectivity index (χ0n) is 12.2. The number of anilines is 1. The average Bonchev–Trinajstić information content (AvgIpc) is 3.07. The van der Waals surface area contributed by atoms with E-state index in [1.165, 1.54) is 16.8 Å². The summed E-state index contributed by atoms with van der Waals surface area (Å²) in [6, 6.07) is 14.8. The lowest BCUT2D eigenvalue weighted by Crippen LogP contribution is -2.13. The van der Waals surface area contributed by atoms with Crippen molar-refractivity contribution in [1.82, 2.24) is 9.78 Å². The third-order valence-electron chi connectivity index (χ3n) is 3.25. The predicted molar refractivity (Wildman–Crippen MR) is 92.3 cm³/mol. The van der Waals surface area contributed by atoms with Gasteiger partial charge in [0.2, 0.25) is 0 Å². The number of hydrogen-bond acceptors (Lipinski definition) is 4. The highest BCUT2D eigenvalue weighted by Crippen LogP contribution is 2.22. The van der Waals surface area contributed by atoms with Gasteiger partial charge in [-0.05, 0) is 40.2 Å². The fourth-order valence-corrected chi connectivity index (χ4v) is 2.47. The maximum absolute atomic E-state index is 12.3. The molecule has 3 aromatic rings. The van der Waals surface area contributed by atoms with Gasteiger partial charge in [-0.2, -0.15) is 5.10 Å². The van der Waals surface area contributed by atoms with E-state index in [-0.39, 0.29) is 17.3 Å². The summed E-state index contributed by atoms with van der Waals surface area (Å²) in [6.45, 7) is 0. The van der Waals surface area contributed by atoms with Crippen molar-refractivity contribution < 1.29 is 9.72 Å². The Labute approximate surface area is 145 Å². The largest absolute Gasteiger partial charge is 0.320 e. The minimum absolute atomic E-state index is 0.0396. The third-order valence-corrected chi connectivity index (χ3v) is 3.94. The molecule has 1 aromatic heterocycles. The predicted octanol–water partition coefficient (Wildman–Crippen LogP) is 3.80. The number of nitrogens with one attached hydrogen (secondary N) is 1. The second-order valence-electron chi connectivity index (χ2n) is 4.86. The zero-order chi connectivity index (χ0) is 17.1. The summed E-state index contributed by atoms with van der Waals surface area (Å²) in [5.74, 6) is -0.369. The number of nitrogens with zero attached hydrogens (tertiary/aromatic N) is 3. The molecule has 1 N–H and O–H groups in total. The van der Waals surface area contributed by atoms with Gasteiger partial charge in [0, 0.05) is 22.8 Å². The first-order chi connectivity index (χ1) is 11.5. The van der Waals surface area contributed by atoms with Crippen molar-refractivity contribution in [2.75, 3.05) is 5.32 Å². The summed E-state index contributed by atoms with van der Waals surface area (Å²) in [7, 11) is 0. The molecule has 2 aromatic carbocycles. The molecule has 0 bridgehead atoms. The number of nitro groups is 1. The van der Waals surface area contributed by atoms with Crippen LogP contribution in [0, 0.1) is 10.1 Å². The van der Waals surface area contributed by atoms with E-state index in [0.29, 0.717) is 11.4 Å². The van der Waals surface area contributed by atoms with Crippen LogP contribution in [0.15, 0.2) is 65.3 Å². The van der Waals surface area contributed by atoms with E-state index in [9.17, 15) is 14.9 Å². The number of rotatable bonds is 4. The first-order valence-electron chi connectivity index (χ1n) is 6.91. The Bertz CT molecular complexity index is 923. The van der Waals surface area contributed by atoms with Gasteiger partial charge in [-0.3, -0.25) is 14.9 Å². The van der Waals surface area contributed by atoms with Gasteiger partial charge in [-0.25, -0.2) is 4.68 Å². The van der Waals surface area contributed by atoms with Crippen LogP contribution < -0.4 is 5.32 Å². The van der Waals surface area contributed by atoms with Crippen molar-refractivity contribution in [2.45, 2.75) is 0 Å². The molecule has 120 valence electrons. The second kappa shape index (κ2) is 6.63. The Morgan fingerprint density at radius 3 is 2.71 bits per heavy atom. The number of para-hydroxylation sites is 1. The molecule has 0 aliphatic rings. The normalized spacial score (nSPS) is 10.4. The van der Waals surface area contributed by atoms with Gasteiger partial charge in [-0.15, -0.1) is 0 Å². The van der Waals surface area contributed by atoms with Gasteiger partial charge < -0.3 is 5.32 Å². The number of halogens is 1. The van der Waals surface area contributed by atoms with Gasteiger partial charge in [-0.1, -0.05) is 18.2 Å². The fourth-order valence-electron chi connectivity index (χ4n) is 2.09. The SMILES string of the molecule is O=C(Nc1ccccc1Br)c1ccn(-c2cccc([N+](=O)[O-])c2)n1. The van der Waals surface area contributed by atoms with Gasteiger partial charge in [0.05, 0.1) is 16.3 Å². The monoisotopic (exact) mass is 386 g/mol. The van der Waals surface area contributed by atoms with E-state index in [0.717, 1.165) is 4.47 Å². The van der Waals surface area contributed by atoms with Crippen molar-refractivity contribution in [2.24, 2.45) is 0 Å². The zero-order valence-corrected chi connectivity index (χ0v) is 13.8. The van der Waals surface area contributed by atoms with Crippen LogP contribution in [-0.4, -0.2) is 20.6 Å². The van der Waals surface area contributed by atoms with Crippen LogP contribution in [0.2, 0.25) is 0 Å². The van der Waals surface area contributed by atoms with Gasteiger partial charge in [0.25, 0.3) is 11.6 Å². The molecule has 8 heteroatoms. The number of amides is 1. The van der Waals surface area contributed by atoms with Crippen LogP contribution in [0.1, 0.15) is 10.5 Å². The lowest BCUT2D eigenvalue weighted by atomic mass is 10.3. The number of carbonyl (C=O) groups excluding carboxylic acids is 1. The summed E-state index contributed by atoms with van der Waals surface area (Å²) in [5, 5.41) is 17.8. The number of carbonyl (C=O) groups is 1. The van der Waals surface area contributed by atoms with Crippen LogP contribution in [0.5, 0.6) is 0 Å². The van der Waals surface area contributed by atoms with Crippen LogP contribution >= 0.6 is 15.9 Å². The summed E-state index contributed by atoms with van der Waals surface area (Å²) in [6.07, 6.45) is 1.58. The lowest BCUT2D eigenvalue weighted by Gasteiger charge is -2.05. The topological polar surface area (TPSA) is 90.1 Å². The molecule has 0 fully saturated rings. The van der Waals surface area contributed by atoms with Gasteiger partial charge >= 0.3 is 0 Å². The first kappa shape index (κ1) is 15.9. The highest BCUT2D eigenvalue weighted by atomic mass is 79.9. The van der Waals surface area contributed by atoms with Crippen molar-refractivity contribution >= 4 is 33.2 Å². The van der Waals surface area contributed by atoms with Crippen LogP contribution in [0.3, 0.4) is 0 Å². The smallest absolute Gasteiger partial charge is 0.276 e. The minimum Gasteiger partial charge on any atom is -0.320 e. The van der Waals surface area contributed by atoms with Gasteiger partial charge in [0.15, 0.2) is 5.69 Å². The number of aromatic nitrogens is 2. The minimum atomic E-state index is -0.479. The molecule has 0 unspecified atom stereocenters. The van der Waals surface area contributed by atoms with Crippen LogP contribution in [-0.2, 0) is 0 Å². The van der Waals surface area contributed by atoms with Crippen molar-refractivity contribution in [3.8, 4) is 5.69 Å². The molecule has 7 nitrogen and oxygen atoms in total. The highest BCUT2D eigenvalue weighted by molar-refractivity contribution is 9.10. The van der Waals surface area contributed by atoms with E-state index in [4.69, 9.17) is 0 Å². The molecule has 0 aliphatic heterocycles. The molecule has 24 heavy (non-hydrogen) atoms. The molecule has 1 amide bonds. The van der Waals surface area contributed by atoms with Crippen molar-refractivity contribution in [3.05, 3.63) is 81.1 Å². The maximum Gasteiger partial charge on any atom is 0.276 e. The number of hydrogen-bond donors (Lipinski definition) is 1. The first-order valence-corrected chi connectivity index (χ1v) is 7.70. The molecule has 0 aliphatic carbocycles. The molecular weight excluding hydrogens is 376 g/mol. The molecule has 3 rings (SSSR count). The fraction of sp³-hybridized carbons (Fsp3) is 0. The third kappa shape index (κ3) is 3.33. The second-order valence-corrected chi connectivity index (χ2v) is 5.71. The number of non-ortho nitro benzene ring substituents is 1. The molecule has 0 saturated carbocycles. The summed E-state index contributed by atoms with van der Waals surface area (Å²) >= 11 is 3.36. The molecular formula is C16H11BrN4O3. The summed E-state index contributed by atoms with van der Waals surface area (Å²) in [4.78, 5) is 22.6. The van der Waals surface area contributed by atoms with Gasteiger partial charge in [0.1, 0.15) is 0 Å². The average molecular weight is 387 g/mol. The highest BCUT2D eigenvalue weighted by Gasteiger charge is 2.13.